The van der Waals surface area contributed by atoms with E-state index in [1.165, 1.54) is 11.3 Å². The van der Waals surface area contributed by atoms with Crippen LogP contribution in [0.4, 0.5) is 5.95 Å². The lowest BCUT2D eigenvalue weighted by Crippen LogP contribution is -2.48. The Morgan fingerprint density at radius 3 is 2.81 bits per heavy atom. The second-order valence-electron chi connectivity index (χ2n) is 9.29. The first-order chi connectivity index (χ1) is 15.2. The summed E-state index contributed by atoms with van der Waals surface area (Å²) in [6.45, 7) is 8.98. The van der Waals surface area contributed by atoms with Crippen LogP contribution in [0.15, 0.2) is 29.3 Å². The van der Waals surface area contributed by atoms with Gasteiger partial charge in [-0.25, -0.2) is 9.97 Å². The first-order valence-corrected chi connectivity index (χ1v) is 11.8. The predicted molar refractivity (Wildman–Crippen MR) is 121 cm³/mol. The minimum atomic E-state index is 0.200. The molecular formula is C24H33N5O2. The zero-order chi connectivity index (χ0) is 21.2. The minimum absolute atomic E-state index is 0.200. The number of rotatable bonds is 5. The van der Waals surface area contributed by atoms with E-state index >= 15 is 0 Å². The Balaban J connectivity index is 1.34. The largest absolute Gasteiger partial charge is 0.380 e. The van der Waals surface area contributed by atoms with Crippen LogP contribution in [0, 0.1) is 5.92 Å². The number of hydrogen-bond acceptors (Lipinski definition) is 6. The van der Waals surface area contributed by atoms with Gasteiger partial charge in [0.15, 0.2) is 0 Å². The number of aryl methyl sites for hydroxylation is 1. The molecule has 0 spiro atoms. The molecule has 0 N–H and O–H groups in total. The minimum Gasteiger partial charge on any atom is -0.380 e. The summed E-state index contributed by atoms with van der Waals surface area (Å²) < 4.78 is 7.62. The highest BCUT2D eigenvalue weighted by Crippen LogP contribution is 2.36. The fraction of sp³-hybridized carbons (Fsp3) is 0.625. The number of ether oxygens (including phenoxy) is 1. The molecule has 0 amide bonds. The molecule has 3 aliphatic rings. The zero-order valence-corrected chi connectivity index (χ0v) is 18.5. The van der Waals surface area contributed by atoms with Gasteiger partial charge in [-0.15, -0.1) is 0 Å². The Bertz CT molecular complexity index is 949. The summed E-state index contributed by atoms with van der Waals surface area (Å²) in [6, 6.07) is 4.26. The molecule has 2 fully saturated rings. The van der Waals surface area contributed by atoms with E-state index in [1.807, 2.05) is 12.4 Å². The Morgan fingerprint density at radius 2 is 1.97 bits per heavy atom. The Labute approximate surface area is 184 Å². The van der Waals surface area contributed by atoms with Gasteiger partial charge in [-0.1, -0.05) is 19.4 Å². The third-order valence-corrected chi connectivity index (χ3v) is 6.91. The normalized spacial score (nSPS) is 24.0. The molecule has 2 atom stereocenters. The van der Waals surface area contributed by atoms with Crippen molar-refractivity contribution in [3.05, 3.63) is 51.7 Å². The molecule has 2 bridgehead atoms. The molecule has 0 aromatic carbocycles. The first kappa shape index (κ1) is 20.6. The number of pyridine rings is 1. The summed E-state index contributed by atoms with van der Waals surface area (Å²) in [5, 5.41) is 0. The summed E-state index contributed by atoms with van der Waals surface area (Å²) in [7, 11) is 0. The smallest absolute Gasteiger partial charge is 0.255 e. The molecule has 0 radical (unpaired) electrons. The van der Waals surface area contributed by atoms with Crippen molar-refractivity contribution in [1.29, 1.82) is 0 Å². The molecule has 0 saturated carbocycles. The van der Waals surface area contributed by atoms with Crippen LogP contribution >= 0.6 is 0 Å². The lowest BCUT2D eigenvalue weighted by atomic mass is 9.83. The lowest BCUT2D eigenvalue weighted by molar-refractivity contribution is 0.140. The van der Waals surface area contributed by atoms with Crippen molar-refractivity contribution in [3.8, 4) is 0 Å². The summed E-state index contributed by atoms with van der Waals surface area (Å²) in [6.07, 6.45) is 8.24. The van der Waals surface area contributed by atoms with E-state index < -0.39 is 0 Å². The predicted octanol–water partition coefficient (Wildman–Crippen LogP) is 2.44. The van der Waals surface area contributed by atoms with Crippen LogP contribution in [0.5, 0.6) is 0 Å². The molecular weight excluding hydrogens is 390 g/mol. The molecule has 0 aliphatic carbocycles. The molecule has 2 saturated heterocycles. The highest BCUT2D eigenvalue weighted by molar-refractivity contribution is 5.35. The standard InChI is InChI=1S/C24H33N5O2/c1-2-4-18-12-25-24(26-13-18)28-14-19-11-21(17-28)22-6-5-20(23(30)29(22)15-19)16-27-7-3-9-31-10-8-27/h5-6,12-13,19,21H,2-4,7-11,14-17H2,1H3/t19-,21+/m0/s1. The van der Waals surface area contributed by atoms with Crippen molar-refractivity contribution in [2.45, 2.75) is 51.6 Å². The van der Waals surface area contributed by atoms with Crippen molar-refractivity contribution in [3.63, 3.8) is 0 Å². The van der Waals surface area contributed by atoms with Gasteiger partial charge in [0.25, 0.3) is 5.56 Å². The average Bonchev–Trinajstić information content (AvgIpc) is 3.05. The lowest BCUT2D eigenvalue weighted by Gasteiger charge is -2.43. The van der Waals surface area contributed by atoms with E-state index in [-0.39, 0.29) is 5.56 Å². The quantitative estimate of drug-likeness (QED) is 0.736. The van der Waals surface area contributed by atoms with Crippen LogP contribution in [-0.2, 0) is 24.2 Å². The second kappa shape index (κ2) is 9.09. The second-order valence-corrected chi connectivity index (χ2v) is 9.29. The van der Waals surface area contributed by atoms with Crippen LogP contribution in [-0.4, -0.2) is 58.8 Å². The van der Waals surface area contributed by atoms with Crippen LogP contribution in [0.2, 0.25) is 0 Å². The Kier molecular flexibility index (Phi) is 6.05. The van der Waals surface area contributed by atoms with Crippen LogP contribution in [0.25, 0.3) is 0 Å². The molecule has 5 rings (SSSR count). The number of anilines is 1. The Morgan fingerprint density at radius 1 is 1.10 bits per heavy atom. The fourth-order valence-electron chi connectivity index (χ4n) is 5.40. The maximum absolute atomic E-state index is 13.3. The van der Waals surface area contributed by atoms with Crippen LogP contribution in [0.3, 0.4) is 0 Å². The monoisotopic (exact) mass is 423 g/mol. The van der Waals surface area contributed by atoms with Gasteiger partial charge >= 0.3 is 0 Å². The van der Waals surface area contributed by atoms with E-state index in [4.69, 9.17) is 4.74 Å². The van der Waals surface area contributed by atoms with Crippen molar-refractivity contribution in [2.24, 2.45) is 5.92 Å². The van der Waals surface area contributed by atoms with E-state index in [0.717, 1.165) is 89.7 Å². The first-order valence-electron chi connectivity index (χ1n) is 11.8. The highest BCUT2D eigenvalue weighted by Gasteiger charge is 2.36. The number of fused-ring (bicyclic) bond motifs is 4. The van der Waals surface area contributed by atoms with Gasteiger partial charge < -0.3 is 14.2 Å². The topological polar surface area (TPSA) is 63.5 Å². The maximum Gasteiger partial charge on any atom is 0.255 e. The molecule has 2 aromatic rings. The number of piperidine rings is 1. The van der Waals surface area contributed by atoms with Gasteiger partial charge in [0.2, 0.25) is 5.95 Å². The average molecular weight is 424 g/mol. The number of nitrogens with zero attached hydrogens (tertiary/aromatic N) is 5. The Hall–Kier alpha value is -2.25. The van der Waals surface area contributed by atoms with Crippen LogP contribution in [0.1, 0.15) is 48.9 Å². The van der Waals surface area contributed by atoms with Crippen LogP contribution < -0.4 is 10.5 Å². The molecule has 2 aromatic heterocycles. The number of hydrogen-bond donors (Lipinski definition) is 0. The van der Waals surface area contributed by atoms with Gasteiger partial charge in [-0.2, -0.15) is 0 Å². The van der Waals surface area contributed by atoms with Gasteiger partial charge in [0, 0.05) is 75.4 Å². The highest BCUT2D eigenvalue weighted by atomic mass is 16.5. The summed E-state index contributed by atoms with van der Waals surface area (Å²) in [5.41, 5.74) is 3.49. The number of aromatic nitrogens is 3. The zero-order valence-electron chi connectivity index (χ0n) is 18.5. The molecule has 5 heterocycles. The molecule has 3 aliphatic heterocycles. The maximum atomic E-state index is 13.3. The van der Waals surface area contributed by atoms with Gasteiger partial charge in [-0.3, -0.25) is 9.69 Å². The molecule has 166 valence electrons. The summed E-state index contributed by atoms with van der Waals surface area (Å²) in [4.78, 5) is 27.3. The van der Waals surface area contributed by atoms with Crippen molar-refractivity contribution in [1.82, 2.24) is 19.4 Å². The molecule has 0 unspecified atom stereocenters. The van der Waals surface area contributed by atoms with Gasteiger partial charge in [0.1, 0.15) is 0 Å². The molecule has 7 heteroatoms. The summed E-state index contributed by atoms with van der Waals surface area (Å²) in [5.74, 6) is 1.65. The fourth-order valence-corrected chi connectivity index (χ4v) is 5.40. The SMILES string of the molecule is CCCc1cnc(N2C[C@@H]3C[C@H](C2)c2ccc(CN4CCCOCC4)c(=O)n2C3)nc1. The molecule has 31 heavy (non-hydrogen) atoms. The van der Waals surface area contributed by atoms with Crippen molar-refractivity contribution >= 4 is 5.95 Å². The van der Waals surface area contributed by atoms with Gasteiger partial charge in [-0.05, 0) is 36.8 Å². The van der Waals surface area contributed by atoms with Crippen molar-refractivity contribution in [2.75, 3.05) is 44.3 Å². The summed E-state index contributed by atoms with van der Waals surface area (Å²) >= 11 is 0. The third kappa shape index (κ3) is 4.39. The van der Waals surface area contributed by atoms with Crippen molar-refractivity contribution < 1.29 is 4.74 Å². The van der Waals surface area contributed by atoms with E-state index in [2.05, 4.69) is 43.4 Å². The third-order valence-electron chi connectivity index (χ3n) is 6.91. The van der Waals surface area contributed by atoms with Gasteiger partial charge in [0.05, 0.1) is 6.61 Å². The van der Waals surface area contributed by atoms with E-state index in [1.54, 1.807) is 0 Å². The van der Waals surface area contributed by atoms with E-state index in [0.29, 0.717) is 11.8 Å². The van der Waals surface area contributed by atoms with E-state index in [9.17, 15) is 4.79 Å². The molecule has 7 nitrogen and oxygen atoms in total.